The van der Waals surface area contributed by atoms with Crippen LogP contribution in [0.4, 0.5) is 0 Å². The lowest BCUT2D eigenvalue weighted by atomic mass is 10.3. The van der Waals surface area contributed by atoms with Crippen molar-refractivity contribution in [1.82, 2.24) is 25.2 Å². The summed E-state index contributed by atoms with van der Waals surface area (Å²) in [6.07, 6.45) is 0. The van der Waals surface area contributed by atoms with E-state index in [9.17, 15) is 0 Å². The average molecular weight is 311 g/mol. The van der Waals surface area contributed by atoms with Crippen LogP contribution in [0.2, 0.25) is 0 Å². The Morgan fingerprint density at radius 2 is 1.76 bits per heavy atom. The smallest absolute Gasteiger partial charge is 0.221 e. The minimum absolute atomic E-state index is 0.709. The van der Waals surface area contributed by atoms with Gasteiger partial charge in [0.15, 0.2) is 4.34 Å². The highest BCUT2D eigenvalue weighted by Crippen LogP contribution is 2.33. The number of para-hydroxylation sites is 2. The quantitative estimate of drug-likeness (QED) is 0.580. The van der Waals surface area contributed by atoms with Crippen molar-refractivity contribution in [3.05, 3.63) is 54.6 Å². The number of hydrogen-bond donors (Lipinski definition) is 0. The van der Waals surface area contributed by atoms with Crippen LogP contribution in [0, 0.1) is 0 Å². The maximum absolute atomic E-state index is 4.59. The second-order valence-corrected chi connectivity index (χ2v) is 6.50. The molecule has 0 bridgehead atoms. The van der Waals surface area contributed by atoms with E-state index in [1.54, 1.807) is 16.0 Å². The molecule has 0 amide bonds. The highest BCUT2D eigenvalue weighted by molar-refractivity contribution is 8.01. The molecule has 0 aliphatic carbocycles. The first-order valence-electron chi connectivity index (χ1n) is 6.27. The molecule has 102 valence electrons. The number of nitrogens with zero attached hydrogens (tertiary/aromatic N) is 5. The molecular formula is C14H9N5S2. The summed E-state index contributed by atoms with van der Waals surface area (Å²) in [4.78, 5) is 4.59. The van der Waals surface area contributed by atoms with E-state index in [-0.39, 0.29) is 0 Å². The lowest BCUT2D eigenvalue weighted by Crippen LogP contribution is -1.98. The molecule has 2 aromatic heterocycles. The van der Waals surface area contributed by atoms with Gasteiger partial charge >= 0.3 is 0 Å². The molecule has 0 aliphatic rings. The maximum atomic E-state index is 4.59. The fourth-order valence-electron chi connectivity index (χ4n) is 1.95. The minimum Gasteiger partial charge on any atom is -0.229 e. The highest BCUT2D eigenvalue weighted by Gasteiger charge is 2.12. The Morgan fingerprint density at radius 3 is 2.62 bits per heavy atom. The molecule has 0 aliphatic heterocycles. The van der Waals surface area contributed by atoms with E-state index in [1.807, 2.05) is 48.5 Å². The number of tetrazole rings is 1. The molecule has 0 atom stereocenters. The lowest BCUT2D eigenvalue weighted by Gasteiger charge is -2.01. The standard InChI is InChI=1S/C14H9N5S2/c1-2-6-10(7-3-1)19-13(16-17-18-19)21-14-15-11-8-4-5-9-12(11)20-14/h1-9H. The minimum atomic E-state index is 0.709. The molecule has 7 heteroatoms. The van der Waals surface area contributed by atoms with Crippen LogP contribution in [0.3, 0.4) is 0 Å². The normalized spacial score (nSPS) is 11.0. The zero-order valence-electron chi connectivity index (χ0n) is 10.7. The van der Waals surface area contributed by atoms with Crippen LogP contribution in [-0.4, -0.2) is 25.2 Å². The number of fused-ring (bicyclic) bond motifs is 1. The van der Waals surface area contributed by atoms with Crippen molar-refractivity contribution < 1.29 is 0 Å². The molecule has 2 heterocycles. The first kappa shape index (κ1) is 12.5. The zero-order chi connectivity index (χ0) is 14.1. The second-order valence-electron chi connectivity index (χ2n) is 4.26. The monoisotopic (exact) mass is 311 g/mol. The van der Waals surface area contributed by atoms with Crippen LogP contribution < -0.4 is 0 Å². The Labute approximate surface area is 128 Å². The van der Waals surface area contributed by atoms with Crippen molar-refractivity contribution >= 4 is 33.3 Å². The number of thiazole rings is 1. The number of rotatable bonds is 3. The fourth-order valence-corrected chi connectivity index (χ4v) is 3.91. The molecule has 2 aromatic carbocycles. The first-order chi connectivity index (χ1) is 10.4. The van der Waals surface area contributed by atoms with Gasteiger partial charge in [-0.05, 0) is 46.5 Å². The predicted octanol–water partition coefficient (Wildman–Crippen LogP) is 3.42. The zero-order valence-corrected chi connectivity index (χ0v) is 12.4. The van der Waals surface area contributed by atoms with Crippen LogP contribution >= 0.6 is 23.1 Å². The van der Waals surface area contributed by atoms with Gasteiger partial charge in [-0.3, -0.25) is 0 Å². The molecule has 0 unspecified atom stereocenters. The van der Waals surface area contributed by atoms with Gasteiger partial charge in [-0.25, -0.2) is 4.98 Å². The van der Waals surface area contributed by atoms with E-state index >= 15 is 0 Å². The van der Waals surface area contributed by atoms with Crippen molar-refractivity contribution in [1.29, 1.82) is 0 Å². The maximum Gasteiger partial charge on any atom is 0.221 e. The molecule has 0 saturated heterocycles. The third kappa shape index (κ3) is 2.41. The van der Waals surface area contributed by atoms with E-state index in [0.29, 0.717) is 5.16 Å². The predicted molar refractivity (Wildman–Crippen MR) is 82.9 cm³/mol. The van der Waals surface area contributed by atoms with Crippen molar-refractivity contribution in [2.24, 2.45) is 0 Å². The summed E-state index contributed by atoms with van der Waals surface area (Å²) in [5.41, 5.74) is 1.94. The number of aromatic nitrogens is 5. The molecule has 5 nitrogen and oxygen atoms in total. The summed E-state index contributed by atoms with van der Waals surface area (Å²) in [6.45, 7) is 0. The summed E-state index contributed by atoms with van der Waals surface area (Å²) in [5.74, 6) is 0. The van der Waals surface area contributed by atoms with Gasteiger partial charge < -0.3 is 0 Å². The van der Waals surface area contributed by atoms with Crippen molar-refractivity contribution in [3.63, 3.8) is 0 Å². The van der Waals surface area contributed by atoms with Gasteiger partial charge in [-0.1, -0.05) is 30.3 Å². The molecule has 4 rings (SSSR count). The van der Waals surface area contributed by atoms with E-state index in [0.717, 1.165) is 15.5 Å². The SMILES string of the molecule is c1ccc(-n2nnnc2Sc2nc3ccccc3s2)cc1. The summed E-state index contributed by atoms with van der Waals surface area (Å²) in [6, 6.07) is 17.9. The summed E-state index contributed by atoms with van der Waals surface area (Å²) >= 11 is 3.12. The van der Waals surface area contributed by atoms with Gasteiger partial charge in [0.1, 0.15) is 0 Å². The van der Waals surface area contributed by atoms with Crippen molar-refractivity contribution in [2.75, 3.05) is 0 Å². The molecule has 0 radical (unpaired) electrons. The fraction of sp³-hybridized carbons (Fsp3) is 0. The van der Waals surface area contributed by atoms with Gasteiger partial charge in [0, 0.05) is 0 Å². The van der Waals surface area contributed by atoms with E-state index < -0.39 is 0 Å². The molecule has 21 heavy (non-hydrogen) atoms. The Kier molecular flexibility index (Phi) is 3.13. The lowest BCUT2D eigenvalue weighted by molar-refractivity contribution is 0.756. The Morgan fingerprint density at radius 1 is 0.952 bits per heavy atom. The molecule has 0 N–H and O–H groups in total. The first-order valence-corrected chi connectivity index (χ1v) is 7.91. The van der Waals surface area contributed by atoms with Gasteiger partial charge in [0.2, 0.25) is 5.16 Å². The number of benzene rings is 2. The second kappa shape index (κ2) is 5.27. The largest absolute Gasteiger partial charge is 0.229 e. The third-order valence-electron chi connectivity index (χ3n) is 2.89. The Hall–Kier alpha value is -2.25. The summed E-state index contributed by atoms with van der Waals surface area (Å²) < 4.78 is 3.82. The summed E-state index contributed by atoms with van der Waals surface area (Å²) in [7, 11) is 0. The van der Waals surface area contributed by atoms with E-state index in [1.165, 1.54) is 16.5 Å². The highest BCUT2D eigenvalue weighted by atomic mass is 32.2. The van der Waals surface area contributed by atoms with Gasteiger partial charge in [0.25, 0.3) is 0 Å². The molecular weight excluding hydrogens is 302 g/mol. The molecule has 0 saturated carbocycles. The van der Waals surface area contributed by atoms with Crippen LogP contribution in [0.1, 0.15) is 0 Å². The van der Waals surface area contributed by atoms with Crippen LogP contribution in [0.25, 0.3) is 15.9 Å². The van der Waals surface area contributed by atoms with Crippen LogP contribution in [0.15, 0.2) is 64.1 Å². The number of hydrogen-bond acceptors (Lipinski definition) is 6. The van der Waals surface area contributed by atoms with Gasteiger partial charge in [-0.2, -0.15) is 4.68 Å². The van der Waals surface area contributed by atoms with Crippen LogP contribution in [-0.2, 0) is 0 Å². The van der Waals surface area contributed by atoms with E-state index in [2.05, 4.69) is 26.6 Å². The topological polar surface area (TPSA) is 56.5 Å². The Balaban J connectivity index is 1.70. The van der Waals surface area contributed by atoms with E-state index in [4.69, 9.17) is 0 Å². The summed E-state index contributed by atoms with van der Waals surface area (Å²) in [5, 5.41) is 12.6. The molecule has 0 spiro atoms. The van der Waals surface area contributed by atoms with Crippen molar-refractivity contribution in [3.8, 4) is 5.69 Å². The molecule has 4 aromatic rings. The van der Waals surface area contributed by atoms with Gasteiger partial charge in [0.05, 0.1) is 15.9 Å². The average Bonchev–Trinajstić information content (AvgIpc) is 3.14. The third-order valence-corrected chi connectivity index (χ3v) is 4.93. The Bertz CT molecular complexity index is 851. The van der Waals surface area contributed by atoms with Crippen molar-refractivity contribution in [2.45, 2.75) is 9.50 Å². The van der Waals surface area contributed by atoms with Gasteiger partial charge in [-0.15, -0.1) is 16.4 Å². The van der Waals surface area contributed by atoms with Crippen LogP contribution in [0.5, 0.6) is 0 Å². The molecule has 0 fully saturated rings.